The molecule has 1 aliphatic heterocycles. The molecule has 2 heterocycles. The zero-order valence-electron chi connectivity index (χ0n) is 7.74. The van der Waals surface area contributed by atoms with Crippen molar-refractivity contribution in [1.29, 1.82) is 0 Å². The van der Waals surface area contributed by atoms with Crippen molar-refractivity contribution in [3.05, 3.63) is 23.7 Å². The van der Waals surface area contributed by atoms with Gasteiger partial charge < -0.3 is 19.6 Å². The maximum Gasteiger partial charge on any atom is 0.373 e. The Morgan fingerprint density at radius 1 is 1.64 bits per heavy atom. The van der Waals surface area contributed by atoms with E-state index in [-0.39, 0.29) is 5.76 Å². The second-order valence-corrected chi connectivity index (χ2v) is 3.29. The first-order valence-electron chi connectivity index (χ1n) is 4.27. The van der Waals surface area contributed by atoms with Crippen LogP contribution in [0.4, 0.5) is 0 Å². The molecule has 5 heteroatoms. The van der Waals surface area contributed by atoms with Crippen LogP contribution < -0.4 is 5.32 Å². The van der Waals surface area contributed by atoms with Crippen molar-refractivity contribution < 1.29 is 19.1 Å². The van der Waals surface area contributed by atoms with E-state index in [9.17, 15) is 9.90 Å². The van der Waals surface area contributed by atoms with Gasteiger partial charge in [-0.25, -0.2) is 4.79 Å². The molecule has 0 aliphatic carbocycles. The molecule has 76 valence electrons. The topological polar surface area (TPSA) is 71.7 Å². The maximum absolute atomic E-state index is 11.0. The number of aliphatic hydroxyl groups is 1. The van der Waals surface area contributed by atoms with E-state index in [0.29, 0.717) is 18.8 Å². The van der Waals surface area contributed by atoms with Crippen molar-refractivity contribution in [3.63, 3.8) is 0 Å². The summed E-state index contributed by atoms with van der Waals surface area (Å²) in [7, 11) is 1.28. The van der Waals surface area contributed by atoms with Gasteiger partial charge in [-0.3, -0.25) is 0 Å². The molecule has 0 spiro atoms. The third-order valence-corrected chi connectivity index (χ3v) is 2.29. The number of methoxy groups -OCH3 is 1. The van der Waals surface area contributed by atoms with E-state index in [2.05, 4.69) is 10.1 Å². The first-order valence-corrected chi connectivity index (χ1v) is 4.27. The molecule has 0 saturated carbocycles. The van der Waals surface area contributed by atoms with Gasteiger partial charge in [0.1, 0.15) is 11.4 Å². The van der Waals surface area contributed by atoms with Gasteiger partial charge in [-0.1, -0.05) is 0 Å². The summed E-state index contributed by atoms with van der Waals surface area (Å²) in [4.78, 5) is 11.0. The third kappa shape index (κ3) is 1.30. The standard InChI is InChI=1S/C9H11NO4/c1-13-8(11)6-2-3-7(14-6)9(12)4-10-5-9/h2-3,10,12H,4-5H2,1H3. The summed E-state index contributed by atoms with van der Waals surface area (Å²) in [6.45, 7) is 0.891. The molecule has 2 N–H and O–H groups in total. The van der Waals surface area contributed by atoms with Gasteiger partial charge in [0.25, 0.3) is 0 Å². The van der Waals surface area contributed by atoms with Crippen LogP contribution in [0.5, 0.6) is 0 Å². The summed E-state index contributed by atoms with van der Waals surface area (Å²) >= 11 is 0. The van der Waals surface area contributed by atoms with Crippen molar-refractivity contribution in [2.24, 2.45) is 0 Å². The highest BCUT2D eigenvalue weighted by molar-refractivity contribution is 5.86. The minimum absolute atomic E-state index is 0.114. The van der Waals surface area contributed by atoms with Crippen molar-refractivity contribution >= 4 is 5.97 Å². The monoisotopic (exact) mass is 197 g/mol. The van der Waals surface area contributed by atoms with Crippen molar-refractivity contribution in [3.8, 4) is 0 Å². The minimum atomic E-state index is -0.966. The first-order chi connectivity index (χ1) is 6.65. The molecule has 1 aromatic heterocycles. The number of hydrogen-bond donors (Lipinski definition) is 2. The Morgan fingerprint density at radius 2 is 2.36 bits per heavy atom. The summed E-state index contributed by atoms with van der Waals surface area (Å²) in [5.74, 6) is -0.0217. The lowest BCUT2D eigenvalue weighted by molar-refractivity contribution is -0.0340. The van der Waals surface area contributed by atoms with E-state index in [0.717, 1.165) is 0 Å². The SMILES string of the molecule is COC(=O)c1ccc(C2(O)CNC2)o1. The average Bonchev–Trinajstić information content (AvgIpc) is 2.62. The zero-order valence-corrected chi connectivity index (χ0v) is 7.74. The maximum atomic E-state index is 11.0. The Morgan fingerprint density at radius 3 is 2.86 bits per heavy atom. The fraction of sp³-hybridized carbons (Fsp3) is 0.444. The molecule has 5 nitrogen and oxygen atoms in total. The Balaban J connectivity index is 2.21. The summed E-state index contributed by atoms with van der Waals surface area (Å²) in [5.41, 5.74) is -0.966. The van der Waals surface area contributed by atoms with Crippen LogP contribution in [0.15, 0.2) is 16.5 Å². The van der Waals surface area contributed by atoms with Crippen LogP contribution in [0.1, 0.15) is 16.3 Å². The van der Waals surface area contributed by atoms with E-state index in [4.69, 9.17) is 4.42 Å². The lowest BCUT2D eigenvalue weighted by atomic mass is 9.94. The minimum Gasteiger partial charge on any atom is -0.463 e. The normalized spacial score (nSPS) is 18.7. The Hall–Kier alpha value is -1.33. The highest BCUT2D eigenvalue weighted by Gasteiger charge is 2.39. The predicted octanol–water partition coefficient (Wildman–Crippen LogP) is -0.143. The van der Waals surface area contributed by atoms with Crippen LogP contribution >= 0.6 is 0 Å². The average molecular weight is 197 g/mol. The van der Waals surface area contributed by atoms with Crippen molar-refractivity contribution in [2.75, 3.05) is 20.2 Å². The number of furan rings is 1. The predicted molar refractivity (Wildman–Crippen MR) is 46.8 cm³/mol. The quantitative estimate of drug-likeness (QED) is 0.645. The molecule has 2 rings (SSSR count). The number of hydrogen-bond acceptors (Lipinski definition) is 5. The molecule has 1 saturated heterocycles. The van der Waals surface area contributed by atoms with Crippen LogP contribution in [-0.2, 0) is 10.3 Å². The number of β-amino-alcohol motifs (C(OH)–C–C–N with tert-alkyl or cyclic N) is 1. The molecule has 0 atom stereocenters. The molecular formula is C9H11NO4. The zero-order chi connectivity index (χ0) is 10.2. The second-order valence-electron chi connectivity index (χ2n) is 3.29. The highest BCUT2D eigenvalue weighted by atomic mass is 16.5. The van der Waals surface area contributed by atoms with Gasteiger partial charge in [-0.15, -0.1) is 0 Å². The molecule has 1 fully saturated rings. The fourth-order valence-electron chi connectivity index (χ4n) is 1.33. The number of esters is 1. The van der Waals surface area contributed by atoms with Crippen LogP contribution in [0.3, 0.4) is 0 Å². The molecular weight excluding hydrogens is 186 g/mol. The largest absolute Gasteiger partial charge is 0.463 e. The van der Waals surface area contributed by atoms with Gasteiger partial charge >= 0.3 is 5.97 Å². The van der Waals surface area contributed by atoms with Crippen LogP contribution in [0.2, 0.25) is 0 Å². The Kier molecular flexibility index (Phi) is 2.05. The summed E-state index contributed by atoms with van der Waals surface area (Å²) in [6, 6.07) is 3.09. The molecule has 0 aromatic carbocycles. The van der Waals surface area contributed by atoms with Crippen molar-refractivity contribution in [2.45, 2.75) is 5.60 Å². The van der Waals surface area contributed by atoms with Gasteiger partial charge in [-0.05, 0) is 12.1 Å². The molecule has 0 bridgehead atoms. The number of nitrogens with one attached hydrogen (secondary N) is 1. The van der Waals surface area contributed by atoms with E-state index in [1.807, 2.05) is 0 Å². The highest BCUT2D eigenvalue weighted by Crippen LogP contribution is 2.27. The van der Waals surface area contributed by atoms with E-state index in [1.54, 1.807) is 6.07 Å². The number of carbonyl (C=O) groups is 1. The summed E-state index contributed by atoms with van der Waals surface area (Å²) in [5, 5.41) is 12.8. The molecule has 14 heavy (non-hydrogen) atoms. The summed E-state index contributed by atoms with van der Waals surface area (Å²) in [6.07, 6.45) is 0. The van der Waals surface area contributed by atoms with E-state index >= 15 is 0 Å². The fourth-order valence-corrected chi connectivity index (χ4v) is 1.33. The van der Waals surface area contributed by atoms with E-state index < -0.39 is 11.6 Å². The van der Waals surface area contributed by atoms with E-state index in [1.165, 1.54) is 13.2 Å². The van der Waals surface area contributed by atoms with Gasteiger partial charge in [0.2, 0.25) is 5.76 Å². The van der Waals surface area contributed by atoms with Crippen LogP contribution in [0, 0.1) is 0 Å². The van der Waals surface area contributed by atoms with Crippen LogP contribution in [-0.4, -0.2) is 31.3 Å². The van der Waals surface area contributed by atoms with Gasteiger partial charge in [-0.2, -0.15) is 0 Å². The van der Waals surface area contributed by atoms with Crippen molar-refractivity contribution in [1.82, 2.24) is 5.32 Å². The smallest absolute Gasteiger partial charge is 0.373 e. The molecule has 0 radical (unpaired) electrons. The molecule has 0 amide bonds. The Bertz CT molecular complexity index is 353. The first kappa shape index (κ1) is 9.23. The summed E-state index contributed by atoms with van der Waals surface area (Å²) < 4.78 is 9.66. The number of ether oxygens (including phenoxy) is 1. The van der Waals surface area contributed by atoms with Gasteiger partial charge in [0.05, 0.1) is 7.11 Å². The van der Waals surface area contributed by atoms with Gasteiger partial charge in [0, 0.05) is 13.1 Å². The van der Waals surface area contributed by atoms with Crippen LogP contribution in [0.25, 0.3) is 0 Å². The lowest BCUT2D eigenvalue weighted by Gasteiger charge is -2.35. The lowest BCUT2D eigenvalue weighted by Crippen LogP contribution is -2.56. The second kappa shape index (κ2) is 3.11. The molecule has 0 unspecified atom stereocenters. The third-order valence-electron chi connectivity index (χ3n) is 2.29. The number of rotatable bonds is 2. The van der Waals surface area contributed by atoms with Gasteiger partial charge in [0.15, 0.2) is 0 Å². The molecule has 1 aromatic rings. The number of carbonyl (C=O) groups excluding carboxylic acids is 1. The molecule has 1 aliphatic rings. The Labute approximate surface area is 80.7 Å².